The summed E-state index contributed by atoms with van der Waals surface area (Å²) in [5, 5.41) is 2.47. The molecule has 2 aromatic rings. The molecule has 0 atom stereocenters. The predicted molar refractivity (Wildman–Crippen MR) is 76.0 cm³/mol. The highest BCUT2D eigenvalue weighted by Gasteiger charge is 2.13. The lowest BCUT2D eigenvalue weighted by Crippen LogP contribution is -2.15. The van der Waals surface area contributed by atoms with Crippen LogP contribution in [0.4, 0.5) is 14.5 Å². The van der Waals surface area contributed by atoms with Gasteiger partial charge in [0.2, 0.25) is 5.91 Å². The Morgan fingerprint density at radius 3 is 2.18 bits per heavy atom. The van der Waals surface area contributed by atoms with Crippen LogP contribution in [0.3, 0.4) is 0 Å². The summed E-state index contributed by atoms with van der Waals surface area (Å²) in [5.41, 5.74) is 5.73. The van der Waals surface area contributed by atoms with Crippen molar-refractivity contribution in [2.45, 2.75) is 6.61 Å². The van der Waals surface area contributed by atoms with E-state index in [0.29, 0.717) is 0 Å². The fourth-order valence-corrected chi connectivity index (χ4v) is 1.75. The lowest BCUT2D eigenvalue weighted by molar-refractivity contribution is -0.0493. The maximum Gasteiger partial charge on any atom is 0.387 e. The molecule has 0 aliphatic rings. The molecule has 0 radical (unpaired) electrons. The van der Waals surface area contributed by atoms with Crippen LogP contribution in [0.1, 0.15) is 20.7 Å². The molecule has 0 unspecified atom stereocenters. The fourth-order valence-electron chi connectivity index (χ4n) is 1.75. The average molecular weight is 306 g/mol. The monoisotopic (exact) mass is 306 g/mol. The van der Waals surface area contributed by atoms with Gasteiger partial charge in [-0.1, -0.05) is 12.1 Å². The van der Waals surface area contributed by atoms with Crippen molar-refractivity contribution in [3.63, 3.8) is 0 Å². The third kappa shape index (κ3) is 3.78. The van der Waals surface area contributed by atoms with Crippen molar-refractivity contribution < 1.29 is 23.1 Å². The molecule has 0 aliphatic carbocycles. The second kappa shape index (κ2) is 6.66. The van der Waals surface area contributed by atoms with Gasteiger partial charge in [0.15, 0.2) is 0 Å². The number of hydrogen-bond donors (Lipinski definition) is 2. The molecule has 0 saturated carbocycles. The van der Waals surface area contributed by atoms with Crippen molar-refractivity contribution in [3.05, 3.63) is 59.7 Å². The smallest absolute Gasteiger partial charge is 0.387 e. The summed E-state index contributed by atoms with van der Waals surface area (Å²) in [6.45, 7) is -2.99. The van der Waals surface area contributed by atoms with Crippen molar-refractivity contribution in [1.29, 1.82) is 0 Å². The van der Waals surface area contributed by atoms with Crippen molar-refractivity contribution in [2.24, 2.45) is 5.73 Å². The number of nitrogens with one attached hydrogen (secondary N) is 1. The van der Waals surface area contributed by atoms with Gasteiger partial charge in [0.1, 0.15) is 5.75 Å². The van der Waals surface area contributed by atoms with Crippen LogP contribution < -0.4 is 15.8 Å². The number of ether oxygens (including phenoxy) is 1. The van der Waals surface area contributed by atoms with E-state index in [9.17, 15) is 18.4 Å². The Hall–Kier alpha value is -2.96. The summed E-state index contributed by atoms with van der Waals surface area (Å²) in [4.78, 5) is 23.0. The summed E-state index contributed by atoms with van der Waals surface area (Å²) < 4.78 is 28.9. The van der Waals surface area contributed by atoms with Gasteiger partial charge in [-0.15, -0.1) is 0 Å². The Labute approximate surface area is 124 Å². The lowest BCUT2D eigenvalue weighted by Gasteiger charge is -2.11. The molecular weight excluding hydrogens is 294 g/mol. The Bertz CT molecular complexity index is 687. The largest absolute Gasteiger partial charge is 0.433 e. The number of carbonyl (C=O) groups is 2. The van der Waals surface area contributed by atoms with Crippen LogP contribution in [0, 0.1) is 0 Å². The van der Waals surface area contributed by atoms with Crippen molar-refractivity contribution in [3.8, 4) is 5.75 Å². The Kier molecular flexibility index (Phi) is 4.67. The molecule has 114 valence electrons. The van der Waals surface area contributed by atoms with Gasteiger partial charge < -0.3 is 15.8 Å². The zero-order chi connectivity index (χ0) is 16.1. The number of alkyl halides is 2. The molecule has 5 nitrogen and oxygen atoms in total. The molecule has 2 rings (SSSR count). The van der Waals surface area contributed by atoms with E-state index < -0.39 is 18.4 Å². The number of nitrogens with two attached hydrogens (primary N) is 1. The highest BCUT2D eigenvalue weighted by Crippen LogP contribution is 2.26. The third-order valence-corrected chi connectivity index (χ3v) is 2.78. The van der Waals surface area contributed by atoms with E-state index in [1.807, 2.05) is 0 Å². The molecule has 2 aromatic carbocycles. The molecule has 0 aromatic heterocycles. The van der Waals surface area contributed by atoms with Crippen molar-refractivity contribution in [1.82, 2.24) is 0 Å². The van der Waals surface area contributed by atoms with Crippen LogP contribution >= 0.6 is 0 Å². The van der Waals surface area contributed by atoms with Crippen LogP contribution in [0.2, 0.25) is 0 Å². The van der Waals surface area contributed by atoms with E-state index in [-0.39, 0.29) is 22.6 Å². The molecule has 0 bridgehead atoms. The van der Waals surface area contributed by atoms with E-state index in [1.165, 1.54) is 42.5 Å². The Morgan fingerprint density at radius 1 is 1.00 bits per heavy atom. The maximum absolute atomic E-state index is 12.3. The van der Waals surface area contributed by atoms with Gasteiger partial charge in [-0.2, -0.15) is 8.78 Å². The average Bonchev–Trinajstić information content (AvgIpc) is 2.48. The number of benzene rings is 2. The molecule has 0 fully saturated rings. The number of hydrogen-bond acceptors (Lipinski definition) is 3. The standard InChI is InChI=1S/C15H12F2N2O3/c16-15(17)22-12-4-2-1-3-11(12)19-14(21)10-7-5-9(6-8-10)13(18)20/h1-8,15H,(H2,18,20)(H,19,21). The number of amides is 2. The third-order valence-electron chi connectivity index (χ3n) is 2.78. The second-order valence-corrected chi connectivity index (χ2v) is 4.27. The Balaban J connectivity index is 2.16. The summed E-state index contributed by atoms with van der Waals surface area (Å²) in [7, 11) is 0. The predicted octanol–water partition coefficient (Wildman–Crippen LogP) is 2.64. The number of rotatable bonds is 5. The molecule has 0 heterocycles. The van der Waals surface area contributed by atoms with Crippen LogP contribution in [0.15, 0.2) is 48.5 Å². The van der Waals surface area contributed by atoms with E-state index in [1.54, 1.807) is 6.07 Å². The Morgan fingerprint density at radius 2 is 1.59 bits per heavy atom. The van der Waals surface area contributed by atoms with Gasteiger partial charge in [0.05, 0.1) is 5.69 Å². The molecule has 0 spiro atoms. The second-order valence-electron chi connectivity index (χ2n) is 4.27. The quantitative estimate of drug-likeness (QED) is 0.891. The molecule has 7 heteroatoms. The van der Waals surface area contributed by atoms with E-state index in [2.05, 4.69) is 10.1 Å². The normalized spacial score (nSPS) is 10.3. The van der Waals surface area contributed by atoms with Crippen LogP contribution in [-0.2, 0) is 0 Å². The van der Waals surface area contributed by atoms with Gasteiger partial charge in [-0.25, -0.2) is 0 Å². The summed E-state index contributed by atoms with van der Waals surface area (Å²) in [5.74, 6) is -1.27. The highest BCUT2D eigenvalue weighted by atomic mass is 19.3. The fraction of sp³-hybridized carbons (Fsp3) is 0.0667. The minimum atomic E-state index is -2.99. The molecule has 2 amide bonds. The lowest BCUT2D eigenvalue weighted by atomic mass is 10.1. The molecular formula is C15H12F2N2O3. The molecule has 22 heavy (non-hydrogen) atoms. The van der Waals surface area contributed by atoms with Crippen molar-refractivity contribution >= 4 is 17.5 Å². The first-order chi connectivity index (χ1) is 10.5. The number of primary amides is 1. The van der Waals surface area contributed by atoms with Crippen LogP contribution in [-0.4, -0.2) is 18.4 Å². The number of anilines is 1. The number of halogens is 2. The highest BCUT2D eigenvalue weighted by molar-refractivity contribution is 6.05. The number of para-hydroxylation sites is 2. The first-order valence-electron chi connectivity index (χ1n) is 6.22. The van der Waals surface area contributed by atoms with Gasteiger partial charge in [0, 0.05) is 11.1 Å². The summed E-state index contributed by atoms with van der Waals surface area (Å²) >= 11 is 0. The summed E-state index contributed by atoms with van der Waals surface area (Å²) in [6.07, 6.45) is 0. The van der Waals surface area contributed by atoms with E-state index >= 15 is 0 Å². The first-order valence-corrected chi connectivity index (χ1v) is 6.22. The van der Waals surface area contributed by atoms with Gasteiger partial charge in [-0.3, -0.25) is 9.59 Å². The molecule has 0 saturated heterocycles. The van der Waals surface area contributed by atoms with Gasteiger partial charge in [0.25, 0.3) is 5.91 Å². The van der Waals surface area contributed by atoms with Crippen molar-refractivity contribution in [2.75, 3.05) is 5.32 Å². The molecule has 0 aliphatic heterocycles. The first kappa shape index (κ1) is 15.4. The zero-order valence-electron chi connectivity index (χ0n) is 11.3. The number of carbonyl (C=O) groups excluding carboxylic acids is 2. The maximum atomic E-state index is 12.3. The zero-order valence-corrected chi connectivity index (χ0v) is 11.3. The van der Waals surface area contributed by atoms with Crippen LogP contribution in [0.25, 0.3) is 0 Å². The summed E-state index contributed by atoms with van der Waals surface area (Å²) in [6, 6.07) is 11.5. The molecule has 3 N–H and O–H groups in total. The minimum Gasteiger partial charge on any atom is -0.433 e. The SMILES string of the molecule is NC(=O)c1ccc(C(=O)Nc2ccccc2OC(F)F)cc1. The van der Waals surface area contributed by atoms with E-state index in [4.69, 9.17) is 5.73 Å². The van der Waals surface area contributed by atoms with Gasteiger partial charge in [-0.05, 0) is 36.4 Å². The minimum absolute atomic E-state index is 0.117. The van der Waals surface area contributed by atoms with Gasteiger partial charge >= 0.3 is 6.61 Å². The topological polar surface area (TPSA) is 81.4 Å². The van der Waals surface area contributed by atoms with E-state index in [0.717, 1.165) is 0 Å². The van der Waals surface area contributed by atoms with Crippen LogP contribution in [0.5, 0.6) is 5.75 Å².